The van der Waals surface area contributed by atoms with Gasteiger partial charge in [-0.2, -0.15) is 0 Å². The second-order valence-electron chi connectivity index (χ2n) is 4.94. The van der Waals surface area contributed by atoms with E-state index in [2.05, 4.69) is 35.3 Å². The fourth-order valence-electron chi connectivity index (χ4n) is 2.89. The molecule has 1 aromatic heterocycles. The number of hydrogen-bond acceptors (Lipinski definition) is 1. The van der Waals surface area contributed by atoms with Crippen molar-refractivity contribution in [2.75, 3.05) is 6.54 Å². The third-order valence-electron chi connectivity index (χ3n) is 4.03. The van der Waals surface area contributed by atoms with Crippen LogP contribution in [0.3, 0.4) is 0 Å². The van der Waals surface area contributed by atoms with Crippen LogP contribution in [0.4, 0.5) is 0 Å². The molecular formula is C14H18N2. The van der Waals surface area contributed by atoms with Crippen LogP contribution in [0.5, 0.6) is 0 Å². The third-order valence-corrected chi connectivity index (χ3v) is 4.03. The van der Waals surface area contributed by atoms with Gasteiger partial charge in [-0.3, -0.25) is 0 Å². The van der Waals surface area contributed by atoms with Gasteiger partial charge in [-0.25, -0.2) is 0 Å². The van der Waals surface area contributed by atoms with E-state index in [4.69, 9.17) is 5.73 Å². The Hall–Kier alpha value is -1.28. The van der Waals surface area contributed by atoms with E-state index in [0.29, 0.717) is 5.41 Å². The van der Waals surface area contributed by atoms with Crippen molar-refractivity contribution in [2.45, 2.75) is 31.1 Å². The molecule has 1 aliphatic rings. The summed E-state index contributed by atoms with van der Waals surface area (Å²) in [6.07, 6.45) is 5.03. The molecule has 0 bridgehead atoms. The molecule has 0 saturated heterocycles. The van der Waals surface area contributed by atoms with Crippen LogP contribution in [0.25, 0.3) is 10.9 Å². The van der Waals surface area contributed by atoms with E-state index in [1.165, 1.54) is 35.9 Å². The fourth-order valence-corrected chi connectivity index (χ4v) is 2.89. The Kier molecular flexibility index (Phi) is 2.25. The minimum absolute atomic E-state index is 0.355. The molecular weight excluding hydrogens is 196 g/mol. The first kappa shape index (κ1) is 9.91. The lowest BCUT2D eigenvalue weighted by Crippen LogP contribution is -2.36. The van der Waals surface area contributed by atoms with Crippen molar-refractivity contribution in [3.8, 4) is 0 Å². The minimum Gasteiger partial charge on any atom is -0.358 e. The Morgan fingerprint density at radius 3 is 2.69 bits per heavy atom. The fraction of sp³-hybridized carbons (Fsp3) is 0.429. The SMILES string of the molecule is NCCC1(c2cc3ccccc3[nH]2)CCC1. The maximum Gasteiger partial charge on any atom is 0.0456 e. The normalized spacial score (nSPS) is 18.6. The molecule has 0 radical (unpaired) electrons. The van der Waals surface area contributed by atoms with Crippen LogP contribution in [0.1, 0.15) is 31.4 Å². The van der Waals surface area contributed by atoms with E-state index >= 15 is 0 Å². The second kappa shape index (κ2) is 3.63. The summed E-state index contributed by atoms with van der Waals surface area (Å²) < 4.78 is 0. The van der Waals surface area contributed by atoms with Crippen molar-refractivity contribution in [1.82, 2.24) is 4.98 Å². The average molecular weight is 214 g/mol. The van der Waals surface area contributed by atoms with E-state index < -0.39 is 0 Å². The lowest BCUT2D eigenvalue weighted by Gasteiger charge is -2.41. The Morgan fingerprint density at radius 2 is 2.06 bits per heavy atom. The van der Waals surface area contributed by atoms with E-state index in [9.17, 15) is 0 Å². The number of H-pyrrole nitrogens is 1. The van der Waals surface area contributed by atoms with Gasteiger partial charge in [-0.15, -0.1) is 0 Å². The zero-order chi connectivity index (χ0) is 11.0. The quantitative estimate of drug-likeness (QED) is 0.810. The van der Waals surface area contributed by atoms with Gasteiger partial charge in [0, 0.05) is 16.6 Å². The maximum atomic E-state index is 5.74. The Bertz CT molecular complexity index is 461. The van der Waals surface area contributed by atoms with Gasteiger partial charge in [0.1, 0.15) is 0 Å². The van der Waals surface area contributed by atoms with E-state index in [-0.39, 0.29) is 0 Å². The summed E-state index contributed by atoms with van der Waals surface area (Å²) in [6, 6.07) is 10.8. The van der Waals surface area contributed by atoms with Gasteiger partial charge < -0.3 is 10.7 Å². The zero-order valence-corrected chi connectivity index (χ0v) is 9.50. The first-order chi connectivity index (χ1) is 7.84. The monoisotopic (exact) mass is 214 g/mol. The maximum absolute atomic E-state index is 5.74. The molecule has 2 nitrogen and oxygen atoms in total. The van der Waals surface area contributed by atoms with Crippen molar-refractivity contribution in [3.05, 3.63) is 36.0 Å². The van der Waals surface area contributed by atoms with Gasteiger partial charge in [0.15, 0.2) is 0 Å². The number of para-hydroxylation sites is 1. The average Bonchev–Trinajstić information content (AvgIpc) is 2.66. The van der Waals surface area contributed by atoms with Gasteiger partial charge in [0.2, 0.25) is 0 Å². The molecule has 1 saturated carbocycles. The number of aromatic nitrogens is 1. The van der Waals surface area contributed by atoms with Crippen LogP contribution in [-0.2, 0) is 5.41 Å². The molecule has 2 heteroatoms. The van der Waals surface area contributed by atoms with Gasteiger partial charge >= 0.3 is 0 Å². The van der Waals surface area contributed by atoms with Gasteiger partial charge in [-0.1, -0.05) is 24.6 Å². The van der Waals surface area contributed by atoms with Crippen molar-refractivity contribution in [2.24, 2.45) is 5.73 Å². The molecule has 1 fully saturated rings. The van der Waals surface area contributed by atoms with Crippen molar-refractivity contribution >= 4 is 10.9 Å². The predicted molar refractivity (Wildman–Crippen MR) is 67.5 cm³/mol. The molecule has 84 valence electrons. The van der Waals surface area contributed by atoms with Gasteiger partial charge in [-0.05, 0) is 43.3 Å². The highest BCUT2D eigenvalue weighted by Gasteiger charge is 2.38. The highest BCUT2D eigenvalue weighted by molar-refractivity contribution is 5.80. The molecule has 1 aliphatic carbocycles. The van der Waals surface area contributed by atoms with Crippen LogP contribution in [0.15, 0.2) is 30.3 Å². The first-order valence-electron chi connectivity index (χ1n) is 6.12. The Labute approximate surface area is 95.8 Å². The highest BCUT2D eigenvalue weighted by atomic mass is 14.8. The molecule has 0 amide bonds. The molecule has 0 spiro atoms. The molecule has 0 atom stereocenters. The number of benzene rings is 1. The van der Waals surface area contributed by atoms with E-state index in [0.717, 1.165) is 13.0 Å². The molecule has 1 aromatic carbocycles. The van der Waals surface area contributed by atoms with Crippen LogP contribution >= 0.6 is 0 Å². The smallest absolute Gasteiger partial charge is 0.0456 e. The zero-order valence-electron chi connectivity index (χ0n) is 9.50. The predicted octanol–water partition coefficient (Wildman–Crippen LogP) is 2.94. The molecule has 16 heavy (non-hydrogen) atoms. The second-order valence-corrected chi connectivity index (χ2v) is 4.94. The van der Waals surface area contributed by atoms with E-state index in [1.807, 2.05) is 0 Å². The van der Waals surface area contributed by atoms with Crippen molar-refractivity contribution in [1.29, 1.82) is 0 Å². The topological polar surface area (TPSA) is 41.8 Å². The first-order valence-corrected chi connectivity index (χ1v) is 6.12. The number of aromatic amines is 1. The number of nitrogens with one attached hydrogen (secondary N) is 1. The summed E-state index contributed by atoms with van der Waals surface area (Å²) in [5.41, 5.74) is 8.74. The summed E-state index contributed by atoms with van der Waals surface area (Å²) in [5.74, 6) is 0. The molecule has 0 unspecified atom stereocenters. The van der Waals surface area contributed by atoms with Crippen molar-refractivity contribution in [3.63, 3.8) is 0 Å². The summed E-state index contributed by atoms with van der Waals surface area (Å²) in [5, 5.41) is 1.32. The Balaban J connectivity index is 2.04. The van der Waals surface area contributed by atoms with Crippen LogP contribution < -0.4 is 5.73 Å². The lowest BCUT2D eigenvalue weighted by atomic mass is 9.64. The number of nitrogens with two attached hydrogens (primary N) is 1. The lowest BCUT2D eigenvalue weighted by molar-refractivity contribution is 0.224. The number of hydrogen-bond donors (Lipinski definition) is 2. The molecule has 0 aliphatic heterocycles. The van der Waals surface area contributed by atoms with Crippen LogP contribution in [0, 0.1) is 0 Å². The minimum atomic E-state index is 0.355. The summed E-state index contributed by atoms with van der Waals surface area (Å²) in [4.78, 5) is 3.57. The Morgan fingerprint density at radius 1 is 1.25 bits per heavy atom. The van der Waals surface area contributed by atoms with Crippen molar-refractivity contribution < 1.29 is 0 Å². The van der Waals surface area contributed by atoms with Crippen LogP contribution in [0.2, 0.25) is 0 Å². The molecule has 2 aromatic rings. The van der Waals surface area contributed by atoms with Crippen LogP contribution in [-0.4, -0.2) is 11.5 Å². The summed E-state index contributed by atoms with van der Waals surface area (Å²) >= 11 is 0. The van der Waals surface area contributed by atoms with Gasteiger partial charge in [0.05, 0.1) is 0 Å². The standard InChI is InChI=1S/C14H18N2/c15-9-8-14(6-3-7-14)13-10-11-4-1-2-5-12(11)16-13/h1-2,4-5,10,16H,3,6-9,15H2. The highest BCUT2D eigenvalue weighted by Crippen LogP contribution is 2.46. The number of rotatable bonds is 3. The largest absolute Gasteiger partial charge is 0.358 e. The summed E-state index contributed by atoms with van der Waals surface area (Å²) in [6.45, 7) is 0.787. The number of fused-ring (bicyclic) bond motifs is 1. The van der Waals surface area contributed by atoms with Gasteiger partial charge in [0.25, 0.3) is 0 Å². The molecule has 3 rings (SSSR count). The van der Waals surface area contributed by atoms with E-state index in [1.54, 1.807) is 0 Å². The third kappa shape index (κ3) is 1.37. The molecule has 1 heterocycles. The summed E-state index contributed by atoms with van der Waals surface area (Å²) in [7, 11) is 0. The molecule has 3 N–H and O–H groups in total.